The molecule has 6 heteroatoms. The predicted octanol–water partition coefficient (Wildman–Crippen LogP) is 2.13. The van der Waals surface area contributed by atoms with Crippen LogP contribution in [0.1, 0.15) is 16.3 Å². The van der Waals surface area contributed by atoms with Gasteiger partial charge in [0, 0.05) is 17.0 Å². The molecule has 2 aromatic rings. The summed E-state index contributed by atoms with van der Waals surface area (Å²) in [6.45, 7) is 3.79. The number of thiazole rings is 1. The van der Waals surface area contributed by atoms with Crippen LogP contribution in [0.25, 0.3) is 6.08 Å². The summed E-state index contributed by atoms with van der Waals surface area (Å²) in [5.74, 6) is 0.414. The third kappa shape index (κ3) is 3.01. The summed E-state index contributed by atoms with van der Waals surface area (Å²) in [4.78, 5) is 15.8. The SMILES string of the molecule is Cc1nc(/C=C/C(=O)Nc2[nH]ncc2C)cs1. The van der Waals surface area contributed by atoms with Crippen molar-refractivity contribution in [3.05, 3.63) is 33.9 Å². The molecule has 1 amide bonds. The van der Waals surface area contributed by atoms with Gasteiger partial charge in [-0.15, -0.1) is 11.3 Å². The Labute approximate surface area is 103 Å². The van der Waals surface area contributed by atoms with E-state index in [1.54, 1.807) is 23.6 Å². The van der Waals surface area contributed by atoms with Gasteiger partial charge in [0.2, 0.25) is 5.91 Å². The van der Waals surface area contributed by atoms with Crippen LogP contribution >= 0.6 is 11.3 Å². The topological polar surface area (TPSA) is 70.7 Å². The lowest BCUT2D eigenvalue weighted by atomic mass is 10.3. The van der Waals surface area contributed by atoms with E-state index in [0.29, 0.717) is 5.82 Å². The minimum atomic E-state index is -0.206. The van der Waals surface area contributed by atoms with Crippen molar-refractivity contribution in [3.63, 3.8) is 0 Å². The number of rotatable bonds is 3. The van der Waals surface area contributed by atoms with Crippen LogP contribution in [0, 0.1) is 13.8 Å². The van der Waals surface area contributed by atoms with Gasteiger partial charge in [0.05, 0.1) is 16.9 Å². The Morgan fingerprint density at radius 1 is 1.53 bits per heavy atom. The zero-order valence-electron chi connectivity index (χ0n) is 9.52. The first-order valence-corrected chi connectivity index (χ1v) is 5.94. The molecule has 0 fully saturated rings. The molecule has 0 spiro atoms. The molecular formula is C11H12N4OS. The second kappa shape index (κ2) is 4.92. The van der Waals surface area contributed by atoms with Crippen molar-refractivity contribution in [3.8, 4) is 0 Å². The van der Waals surface area contributed by atoms with Crippen molar-refractivity contribution in [1.82, 2.24) is 15.2 Å². The summed E-state index contributed by atoms with van der Waals surface area (Å²) in [6.07, 6.45) is 4.79. The van der Waals surface area contributed by atoms with Gasteiger partial charge in [-0.3, -0.25) is 9.89 Å². The quantitative estimate of drug-likeness (QED) is 0.817. The van der Waals surface area contributed by atoms with E-state index in [1.807, 2.05) is 19.2 Å². The molecule has 2 rings (SSSR count). The van der Waals surface area contributed by atoms with Gasteiger partial charge in [0.25, 0.3) is 0 Å². The van der Waals surface area contributed by atoms with Crippen molar-refractivity contribution < 1.29 is 4.79 Å². The molecule has 2 aromatic heterocycles. The molecule has 0 aliphatic heterocycles. The fourth-order valence-corrected chi connectivity index (χ4v) is 1.84. The summed E-state index contributed by atoms with van der Waals surface area (Å²) in [5, 5.41) is 12.1. The number of aromatic nitrogens is 3. The largest absolute Gasteiger partial charge is 0.307 e. The lowest BCUT2D eigenvalue weighted by Crippen LogP contribution is -2.08. The number of amides is 1. The average Bonchev–Trinajstić information content (AvgIpc) is 2.86. The molecule has 0 saturated carbocycles. The zero-order valence-corrected chi connectivity index (χ0v) is 10.3. The standard InChI is InChI=1S/C11H12N4OS/c1-7-5-12-15-11(7)14-10(16)4-3-9-6-17-8(2)13-9/h3-6H,1-2H3,(H2,12,14,15,16)/b4-3+. The maximum Gasteiger partial charge on any atom is 0.249 e. The first-order valence-electron chi connectivity index (χ1n) is 5.06. The number of hydrogen-bond donors (Lipinski definition) is 2. The molecule has 2 N–H and O–H groups in total. The molecule has 0 unspecified atom stereocenters. The minimum Gasteiger partial charge on any atom is -0.307 e. The van der Waals surface area contributed by atoms with Crippen molar-refractivity contribution in [2.45, 2.75) is 13.8 Å². The fourth-order valence-electron chi connectivity index (χ4n) is 1.26. The van der Waals surface area contributed by atoms with E-state index in [-0.39, 0.29) is 5.91 Å². The molecule has 0 aliphatic rings. The van der Waals surface area contributed by atoms with Gasteiger partial charge in [0.15, 0.2) is 0 Å². The van der Waals surface area contributed by atoms with E-state index in [9.17, 15) is 4.79 Å². The van der Waals surface area contributed by atoms with Gasteiger partial charge >= 0.3 is 0 Å². The van der Waals surface area contributed by atoms with Crippen molar-refractivity contribution in [1.29, 1.82) is 0 Å². The Morgan fingerprint density at radius 2 is 2.35 bits per heavy atom. The van der Waals surface area contributed by atoms with E-state index in [1.165, 1.54) is 6.08 Å². The van der Waals surface area contributed by atoms with Crippen LogP contribution in [0.4, 0.5) is 5.82 Å². The summed E-state index contributed by atoms with van der Waals surface area (Å²) >= 11 is 1.55. The molecular weight excluding hydrogens is 236 g/mol. The molecule has 0 aliphatic carbocycles. The van der Waals surface area contributed by atoms with Crippen LogP contribution < -0.4 is 5.32 Å². The second-order valence-corrected chi connectivity index (χ2v) is 4.60. The Kier molecular flexibility index (Phi) is 3.34. The number of hydrogen-bond acceptors (Lipinski definition) is 4. The Balaban J connectivity index is 1.98. The molecule has 0 saturated heterocycles. The third-order valence-corrected chi connectivity index (χ3v) is 2.91. The van der Waals surface area contributed by atoms with E-state index in [4.69, 9.17) is 0 Å². The first kappa shape index (κ1) is 11.5. The number of carbonyl (C=O) groups is 1. The molecule has 17 heavy (non-hydrogen) atoms. The molecule has 5 nitrogen and oxygen atoms in total. The third-order valence-electron chi connectivity index (χ3n) is 2.12. The number of H-pyrrole nitrogens is 1. The lowest BCUT2D eigenvalue weighted by Gasteiger charge is -1.98. The number of aryl methyl sites for hydroxylation is 2. The van der Waals surface area contributed by atoms with E-state index in [0.717, 1.165) is 16.3 Å². The second-order valence-electron chi connectivity index (χ2n) is 3.54. The Hall–Kier alpha value is -1.95. The minimum absolute atomic E-state index is 0.206. The molecule has 0 aromatic carbocycles. The highest BCUT2D eigenvalue weighted by molar-refractivity contribution is 7.09. The number of anilines is 1. The zero-order chi connectivity index (χ0) is 12.3. The molecule has 0 atom stereocenters. The molecule has 2 heterocycles. The smallest absolute Gasteiger partial charge is 0.249 e. The van der Waals surface area contributed by atoms with Crippen molar-refractivity contribution in [2.24, 2.45) is 0 Å². The van der Waals surface area contributed by atoms with Gasteiger partial charge in [-0.2, -0.15) is 5.10 Å². The van der Waals surface area contributed by atoms with Crippen LogP contribution in [-0.4, -0.2) is 21.1 Å². The van der Waals surface area contributed by atoms with Crippen molar-refractivity contribution in [2.75, 3.05) is 5.32 Å². The van der Waals surface area contributed by atoms with E-state index < -0.39 is 0 Å². The summed E-state index contributed by atoms with van der Waals surface area (Å²) < 4.78 is 0. The first-order chi connectivity index (χ1) is 8.15. The summed E-state index contributed by atoms with van der Waals surface area (Å²) in [6, 6.07) is 0. The maximum absolute atomic E-state index is 11.6. The van der Waals surface area contributed by atoms with Gasteiger partial charge in [-0.25, -0.2) is 4.98 Å². The Bertz CT molecular complexity index is 555. The van der Waals surface area contributed by atoms with E-state index in [2.05, 4.69) is 20.5 Å². The normalized spacial score (nSPS) is 10.9. The Morgan fingerprint density at radius 3 is 2.94 bits per heavy atom. The van der Waals surface area contributed by atoms with Gasteiger partial charge in [-0.05, 0) is 19.9 Å². The average molecular weight is 248 g/mol. The lowest BCUT2D eigenvalue weighted by molar-refractivity contribution is -0.111. The summed E-state index contributed by atoms with van der Waals surface area (Å²) in [7, 11) is 0. The van der Waals surface area contributed by atoms with Crippen LogP contribution in [0.5, 0.6) is 0 Å². The number of carbonyl (C=O) groups excluding carboxylic acids is 1. The molecule has 0 radical (unpaired) electrons. The fraction of sp³-hybridized carbons (Fsp3) is 0.182. The van der Waals surface area contributed by atoms with Crippen LogP contribution in [0.15, 0.2) is 17.7 Å². The van der Waals surface area contributed by atoms with Gasteiger partial charge in [0.1, 0.15) is 5.82 Å². The monoisotopic (exact) mass is 248 g/mol. The van der Waals surface area contributed by atoms with Crippen LogP contribution in [-0.2, 0) is 4.79 Å². The van der Waals surface area contributed by atoms with Crippen LogP contribution in [0.2, 0.25) is 0 Å². The predicted molar refractivity (Wildman–Crippen MR) is 67.8 cm³/mol. The highest BCUT2D eigenvalue weighted by Crippen LogP contribution is 2.10. The van der Waals surface area contributed by atoms with Crippen molar-refractivity contribution >= 4 is 29.1 Å². The number of aromatic amines is 1. The van der Waals surface area contributed by atoms with E-state index >= 15 is 0 Å². The highest BCUT2D eigenvalue weighted by atomic mass is 32.1. The molecule has 0 bridgehead atoms. The van der Waals surface area contributed by atoms with Gasteiger partial charge in [-0.1, -0.05) is 0 Å². The molecule has 88 valence electrons. The maximum atomic E-state index is 11.6. The number of nitrogens with one attached hydrogen (secondary N) is 2. The highest BCUT2D eigenvalue weighted by Gasteiger charge is 2.02. The van der Waals surface area contributed by atoms with Crippen LogP contribution in [0.3, 0.4) is 0 Å². The van der Waals surface area contributed by atoms with Gasteiger partial charge < -0.3 is 5.32 Å². The summed E-state index contributed by atoms with van der Waals surface area (Å²) in [5.41, 5.74) is 1.69. The number of nitrogens with zero attached hydrogens (tertiary/aromatic N) is 2.